The van der Waals surface area contributed by atoms with Crippen LogP contribution in [0.25, 0.3) is 0 Å². The van der Waals surface area contributed by atoms with Gasteiger partial charge in [0, 0.05) is 44.6 Å². The van der Waals surface area contributed by atoms with Crippen molar-refractivity contribution in [1.82, 2.24) is 20.1 Å². The summed E-state index contributed by atoms with van der Waals surface area (Å²) in [6.45, 7) is 5.70. The van der Waals surface area contributed by atoms with E-state index in [0.29, 0.717) is 6.04 Å². The van der Waals surface area contributed by atoms with Gasteiger partial charge in [-0.15, -0.1) is 0 Å². The molecule has 0 spiro atoms. The van der Waals surface area contributed by atoms with Crippen LogP contribution in [-0.4, -0.2) is 67.6 Å². The molecule has 0 aromatic carbocycles. The van der Waals surface area contributed by atoms with E-state index in [1.165, 1.54) is 18.5 Å². The molecule has 1 aromatic heterocycles. The number of rotatable bonds is 6. The fourth-order valence-electron chi connectivity index (χ4n) is 2.53. The number of pyridine rings is 1. The SMILES string of the molecule is CN(CCc1cccnc1)CCC1CNCCN1C. The molecule has 2 rings (SSSR count). The lowest BCUT2D eigenvalue weighted by atomic mass is 10.1. The standard InChI is InChI=1S/C15H26N4/c1-18(9-5-14-4-3-7-16-12-14)10-6-15-13-17-8-11-19(15)2/h3-4,7,12,15,17H,5-6,8-11,13H2,1-2H3. The molecular weight excluding hydrogens is 236 g/mol. The predicted octanol–water partition coefficient (Wildman–Crippen LogP) is 0.850. The smallest absolute Gasteiger partial charge is 0.0300 e. The molecule has 0 aliphatic carbocycles. The summed E-state index contributed by atoms with van der Waals surface area (Å²) in [5.41, 5.74) is 1.32. The van der Waals surface area contributed by atoms with E-state index in [4.69, 9.17) is 0 Å². The predicted molar refractivity (Wildman–Crippen MR) is 79.3 cm³/mol. The minimum Gasteiger partial charge on any atom is -0.314 e. The summed E-state index contributed by atoms with van der Waals surface area (Å²) in [6.07, 6.45) is 6.13. The van der Waals surface area contributed by atoms with Crippen LogP contribution in [0, 0.1) is 0 Å². The highest BCUT2D eigenvalue weighted by molar-refractivity contribution is 5.08. The van der Waals surface area contributed by atoms with Crippen molar-refractivity contribution in [2.75, 3.05) is 46.8 Å². The molecule has 1 N–H and O–H groups in total. The second kappa shape index (κ2) is 7.58. The average Bonchev–Trinajstić information content (AvgIpc) is 2.45. The highest BCUT2D eigenvalue weighted by Gasteiger charge is 2.18. The second-order valence-electron chi connectivity index (χ2n) is 5.54. The molecule has 4 heteroatoms. The van der Waals surface area contributed by atoms with Gasteiger partial charge in [-0.05, 0) is 45.1 Å². The van der Waals surface area contributed by atoms with Crippen LogP contribution in [-0.2, 0) is 6.42 Å². The Kier molecular flexibility index (Phi) is 5.76. The molecule has 1 atom stereocenters. The fourth-order valence-corrected chi connectivity index (χ4v) is 2.53. The number of aromatic nitrogens is 1. The Labute approximate surface area is 116 Å². The number of piperazine rings is 1. The van der Waals surface area contributed by atoms with Gasteiger partial charge in [-0.3, -0.25) is 4.98 Å². The molecule has 1 aliphatic heterocycles. The second-order valence-corrected chi connectivity index (χ2v) is 5.54. The molecule has 2 heterocycles. The summed E-state index contributed by atoms with van der Waals surface area (Å²) in [4.78, 5) is 9.06. The van der Waals surface area contributed by atoms with Gasteiger partial charge in [0.05, 0.1) is 0 Å². The van der Waals surface area contributed by atoms with Crippen molar-refractivity contribution in [2.24, 2.45) is 0 Å². The van der Waals surface area contributed by atoms with Crippen LogP contribution in [0.15, 0.2) is 24.5 Å². The molecule has 19 heavy (non-hydrogen) atoms. The van der Waals surface area contributed by atoms with Crippen molar-refractivity contribution >= 4 is 0 Å². The minimum atomic E-state index is 0.689. The number of hydrogen-bond acceptors (Lipinski definition) is 4. The first-order valence-corrected chi connectivity index (χ1v) is 7.24. The lowest BCUT2D eigenvalue weighted by Gasteiger charge is -2.34. The fraction of sp³-hybridized carbons (Fsp3) is 0.667. The number of nitrogens with zero attached hydrogens (tertiary/aromatic N) is 3. The van der Waals surface area contributed by atoms with Gasteiger partial charge in [-0.25, -0.2) is 0 Å². The zero-order valence-electron chi connectivity index (χ0n) is 12.2. The van der Waals surface area contributed by atoms with Gasteiger partial charge >= 0.3 is 0 Å². The molecule has 1 unspecified atom stereocenters. The molecule has 0 amide bonds. The Morgan fingerprint density at radius 3 is 3.11 bits per heavy atom. The number of nitrogens with one attached hydrogen (secondary N) is 1. The Hall–Kier alpha value is -0.970. The number of hydrogen-bond donors (Lipinski definition) is 1. The van der Waals surface area contributed by atoms with Crippen LogP contribution in [0.1, 0.15) is 12.0 Å². The van der Waals surface area contributed by atoms with E-state index in [1.807, 2.05) is 18.5 Å². The van der Waals surface area contributed by atoms with Gasteiger partial charge in [-0.1, -0.05) is 6.07 Å². The van der Waals surface area contributed by atoms with Crippen LogP contribution in [0.4, 0.5) is 0 Å². The highest BCUT2D eigenvalue weighted by Crippen LogP contribution is 2.06. The Morgan fingerprint density at radius 1 is 1.47 bits per heavy atom. The van der Waals surface area contributed by atoms with E-state index in [2.05, 4.69) is 40.3 Å². The summed E-state index contributed by atoms with van der Waals surface area (Å²) in [5.74, 6) is 0. The lowest BCUT2D eigenvalue weighted by Crippen LogP contribution is -2.50. The minimum absolute atomic E-state index is 0.689. The molecular formula is C15H26N4. The molecule has 1 aliphatic rings. The molecule has 0 saturated carbocycles. The Morgan fingerprint density at radius 2 is 2.37 bits per heavy atom. The number of likely N-dealkylation sites (N-methyl/N-ethyl adjacent to an activating group) is 2. The van der Waals surface area contributed by atoms with Crippen LogP contribution in [0.5, 0.6) is 0 Å². The zero-order chi connectivity index (χ0) is 13.5. The summed E-state index contributed by atoms with van der Waals surface area (Å²) >= 11 is 0. The monoisotopic (exact) mass is 262 g/mol. The van der Waals surface area contributed by atoms with E-state index < -0.39 is 0 Å². The molecule has 0 bridgehead atoms. The van der Waals surface area contributed by atoms with E-state index >= 15 is 0 Å². The zero-order valence-corrected chi connectivity index (χ0v) is 12.2. The summed E-state index contributed by atoms with van der Waals surface area (Å²) in [5, 5.41) is 3.48. The molecule has 0 radical (unpaired) electrons. The molecule has 106 valence electrons. The average molecular weight is 262 g/mol. The topological polar surface area (TPSA) is 31.4 Å². The van der Waals surface area contributed by atoms with Gasteiger partial charge in [0.15, 0.2) is 0 Å². The maximum atomic E-state index is 4.16. The van der Waals surface area contributed by atoms with Crippen LogP contribution in [0.2, 0.25) is 0 Å². The summed E-state index contributed by atoms with van der Waals surface area (Å²) in [6, 6.07) is 4.85. The van der Waals surface area contributed by atoms with E-state index in [9.17, 15) is 0 Å². The van der Waals surface area contributed by atoms with Gasteiger partial charge < -0.3 is 15.1 Å². The van der Waals surface area contributed by atoms with Crippen LogP contribution in [0.3, 0.4) is 0 Å². The van der Waals surface area contributed by atoms with Crippen LogP contribution >= 0.6 is 0 Å². The summed E-state index contributed by atoms with van der Waals surface area (Å²) < 4.78 is 0. The van der Waals surface area contributed by atoms with Crippen molar-refractivity contribution in [1.29, 1.82) is 0 Å². The maximum Gasteiger partial charge on any atom is 0.0300 e. The third-order valence-corrected chi connectivity index (χ3v) is 3.99. The Bertz CT molecular complexity index is 354. The first-order valence-electron chi connectivity index (χ1n) is 7.24. The van der Waals surface area contributed by atoms with Gasteiger partial charge in [0.1, 0.15) is 0 Å². The van der Waals surface area contributed by atoms with Gasteiger partial charge in [-0.2, -0.15) is 0 Å². The van der Waals surface area contributed by atoms with Crippen molar-refractivity contribution < 1.29 is 0 Å². The molecule has 1 aromatic rings. The molecule has 4 nitrogen and oxygen atoms in total. The first-order chi connectivity index (χ1) is 9.25. The maximum absolute atomic E-state index is 4.16. The van der Waals surface area contributed by atoms with E-state index in [-0.39, 0.29) is 0 Å². The Balaban J connectivity index is 1.65. The van der Waals surface area contributed by atoms with Gasteiger partial charge in [0.25, 0.3) is 0 Å². The van der Waals surface area contributed by atoms with Crippen LogP contribution < -0.4 is 5.32 Å². The molecule has 1 saturated heterocycles. The van der Waals surface area contributed by atoms with E-state index in [0.717, 1.165) is 32.6 Å². The van der Waals surface area contributed by atoms with Gasteiger partial charge in [0.2, 0.25) is 0 Å². The third-order valence-electron chi connectivity index (χ3n) is 3.99. The first kappa shape index (κ1) is 14.4. The quantitative estimate of drug-likeness (QED) is 0.823. The normalized spacial score (nSPS) is 20.9. The van der Waals surface area contributed by atoms with Crippen molar-refractivity contribution in [3.63, 3.8) is 0 Å². The third kappa shape index (κ3) is 4.90. The van der Waals surface area contributed by atoms with Crippen molar-refractivity contribution in [3.8, 4) is 0 Å². The van der Waals surface area contributed by atoms with Crippen molar-refractivity contribution in [3.05, 3.63) is 30.1 Å². The molecule has 1 fully saturated rings. The highest BCUT2D eigenvalue weighted by atomic mass is 15.2. The van der Waals surface area contributed by atoms with E-state index in [1.54, 1.807) is 0 Å². The lowest BCUT2D eigenvalue weighted by molar-refractivity contribution is 0.173. The van der Waals surface area contributed by atoms with Crippen molar-refractivity contribution in [2.45, 2.75) is 18.9 Å². The largest absolute Gasteiger partial charge is 0.314 e. The summed E-state index contributed by atoms with van der Waals surface area (Å²) in [7, 11) is 4.45.